The lowest BCUT2D eigenvalue weighted by Crippen LogP contribution is -2.09. The summed E-state index contributed by atoms with van der Waals surface area (Å²) in [5.74, 6) is 0. The lowest BCUT2D eigenvalue weighted by Gasteiger charge is -2.26. The summed E-state index contributed by atoms with van der Waals surface area (Å²) in [6.45, 7) is 0. The molecule has 0 radical (unpaired) electrons. The molecule has 3 nitrogen and oxygen atoms in total. The standard InChI is InChI=1S/C52H34N2O/c1-2-18-41(19-3-1)53(43-29-27-35-13-4-5-14-38(35)32-43)42-20-11-17-39(33-42)36-15-10-16-37(31-36)40-28-30-45-44-21-6-8-23-47(44)54(49(45)34-40)48-24-12-26-51-52(48)46-22-7-9-25-50(46)55-51/h1-34H. The Morgan fingerprint density at radius 1 is 0.345 bits per heavy atom. The number of hydrogen-bond acceptors (Lipinski definition) is 2. The minimum absolute atomic E-state index is 0.891. The second kappa shape index (κ2) is 12.6. The van der Waals surface area contributed by atoms with Crippen molar-refractivity contribution in [3.63, 3.8) is 0 Å². The van der Waals surface area contributed by atoms with Crippen LogP contribution < -0.4 is 4.90 Å². The van der Waals surface area contributed by atoms with E-state index in [9.17, 15) is 0 Å². The van der Waals surface area contributed by atoms with E-state index >= 15 is 0 Å². The summed E-state index contributed by atoms with van der Waals surface area (Å²) < 4.78 is 8.75. The molecule has 0 aliphatic rings. The van der Waals surface area contributed by atoms with Crippen LogP contribution in [0.4, 0.5) is 17.1 Å². The number of fused-ring (bicyclic) bond motifs is 7. The maximum absolute atomic E-state index is 6.34. The topological polar surface area (TPSA) is 21.3 Å². The van der Waals surface area contributed by atoms with Gasteiger partial charge in [0, 0.05) is 33.2 Å². The van der Waals surface area contributed by atoms with Crippen LogP contribution in [0.25, 0.3) is 82.5 Å². The number of para-hydroxylation sites is 3. The predicted molar refractivity (Wildman–Crippen MR) is 231 cm³/mol. The van der Waals surface area contributed by atoms with Crippen LogP contribution in [0, 0.1) is 0 Å². The van der Waals surface area contributed by atoms with E-state index in [0.29, 0.717) is 0 Å². The van der Waals surface area contributed by atoms with Gasteiger partial charge in [-0.15, -0.1) is 0 Å². The highest BCUT2D eigenvalue weighted by Crippen LogP contribution is 2.41. The van der Waals surface area contributed by atoms with Crippen molar-refractivity contribution in [2.45, 2.75) is 0 Å². The highest BCUT2D eigenvalue weighted by Gasteiger charge is 2.19. The first-order valence-corrected chi connectivity index (χ1v) is 18.8. The van der Waals surface area contributed by atoms with E-state index in [1.165, 1.54) is 43.8 Å². The summed E-state index contributed by atoms with van der Waals surface area (Å²) in [5, 5.41) is 7.15. The zero-order valence-corrected chi connectivity index (χ0v) is 29.9. The summed E-state index contributed by atoms with van der Waals surface area (Å²) in [6, 6.07) is 74.0. The molecule has 11 aromatic rings. The minimum atomic E-state index is 0.891. The van der Waals surface area contributed by atoms with E-state index < -0.39 is 0 Å². The molecule has 3 heteroatoms. The molecule has 0 aliphatic heterocycles. The molecule has 0 spiro atoms. The van der Waals surface area contributed by atoms with Crippen LogP contribution in [0.5, 0.6) is 0 Å². The minimum Gasteiger partial charge on any atom is -0.456 e. The van der Waals surface area contributed by atoms with E-state index in [-0.39, 0.29) is 0 Å². The maximum atomic E-state index is 6.34. The molecule has 0 saturated heterocycles. The molecule has 11 rings (SSSR count). The van der Waals surface area contributed by atoms with Gasteiger partial charge in [0.2, 0.25) is 0 Å². The van der Waals surface area contributed by atoms with Gasteiger partial charge in [-0.2, -0.15) is 0 Å². The smallest absolute Gasteiger partial charge is 0.137 e. The van der Waals surface area contributed by atoms with Crippen LogP contribution in [-0.2, 0) is 0 Å². The summed E-state index contributed by atoms with van der Waals surface area (Å²) in [6.07, 6.45) is 0. The van der Waals surface area contributed by atoms with Crippen LogP contribution in [-0.4, -0.2) is 4.57 Å². The van der Waals surface area contributed by atoms with Gasteiger partial charge in [0.1, 0.15) is 11.2 Å². The third-order valence-corrected chi connectivity index (χ3v) is 10.9. The number of hydrogen-bond donors (Lipinski definition) is 0. The van der Waals surface area contributed by atoms with Gasteiger partial charge in [0.25, 0.3) is 0 Å². The molecule has 55 heavy (non-hydrogen) atoms. The van der Waals surface area contributed by atoms with Crippen molar-refractivity contribution < 1.29 is 4.42 Å². The maximum Gasteiger partial charge on any atom is 0.137 e. The fraction of sp³-hybridized carbons (Fsp3) is 0. The molecule has 0 unspecified atom stereocenters. The fourth-order valence-corrected chi connectivity index (χ4v) is 8.39. The van der Waals surface area contributed by atoms with Crippen LogP contribution >= 0.6 is 0 Å². The van der Waals surface area contributed by atoms with Crippen molar-refractivity contribution >= 4 is 71.6 Å². The molecule has 0 N–H and O–H groups in total. The molecule has 9 aromatic carbocycles. The lowest BCUT2D eigenvalue weighted by atomic mass is 9.97. The monoisotopic (exact) mass is 702 g/mol. The molecule has 0 aliphatic carbocycles. The predicted octanol–water partition coefficient (Wildman–Crippen LogP) is 14.6. The molecule has 0 fully saturated rings. The van der Waals surface area contributed by atoms with Crippen LogP contribution in [0.1, 0.15) is 0 Å². The zero-order chi connectivity index (χ0) is 36.3. The van der Waals surface area contributed by atoms with Crippen LogP contribution in [0.15, 0.2) is 211 Å². The highest BCUT2D eigenvalue weighted by molar-refractivity contribution is 6.14. The average molecular weight is 703 g/mol. The van der Waals surface area contributed by atoms with Crippen molar-refractivity contribution in [2.75, 3.05) is 4.90 Å². The molecule has 0 bridgehead atoms. The third kappa shape index (κ3) is 5.20. The van der Waals surface area contributed by atoms with E-state index in [1.807, 2.05) is 6.07 Å². The highest BCUT2D eigenvalue weighted by atomic mass is 16.3. The van der Waals surface area contributed by atoms with Gasteiger partial charge in [-0.05, 0) is 106 Å². The van der Waals surface area contributed by atoms with Gasteiger partial charge >= 0.3 is 0 Å². The van der Waals surface area contributed by atoms with Gasteiger partial charge in [-0.1, -0.05) is 133 Å². The third-order valence-electron chi connectivity index (χ3n) is 10.9. The Morgan fingerprint density at radius 3 is 1.84 bits per heavy atom. The molecular formula is C52H34N2O. The van der Waals surface area contributed by atoms with Gasteiger partial charge in [0.15, 0.2) is 0 Å². The fourth-order valence-electron chi connectivity index (χ4n) is 8.39. The van der Waals surface area contributed by atoms with Crippen LogP contribution in [0.3, 0.4) is 0 Å². The van der Waals surface area contributed by atoms with Crippen molar-refractivity contribution in [1.29, 1.82) is 0 Å². The Morgan fingerprint density at radius 2 is 0.964 bits per heavy atom. The van der Waals surface area contributed by atoms with E-state index in [4.69, 9.17) is 4.42 Å². The first kappa shape index (κ1) is 31.2. The van der Waals surface area contributed by atoms with Gasteiger partial charge in [-0.25, -0.2) is 0 Å². The number of benzene rings is 9. The quantitative estimate of drug-likeness (QED) is 0.172. The lowest BCUT2D eigenvalue weighted by molar-refractivity contribution is 0.669. The normalized spacial score (nSPS) is 11.6. The van der Waals surface area contributed by atoms with Gasteiger partial charge < -0.3 is 13.9 Å². The second-order valence-electron chi connectivity index (χ2n) is 14.2. The molecule has 0 amide bonds. The number of furan rings is 1. The van der Waals surface area contributed by atoms with Crippen molar-refractivity contribution in [3.05, 3.63) is 206 Å². The number of nitrogens with zero attached hydrogens (tertiary/aromatic N) is 2. The number of rotatable bonds is 6. The number of anilines is 3. The Kier molecular flexibility index (Phi) is 7.17. The van der Waals surface area contributed by atoms with E-state index in [0.717, 1.165) is 55.8 Å². The molecule has 2 heterocycles. The summed E-state index contributed by atoms with van der Waals surface area (Å²) in [7, 11) is 0. The Labute approximate surface area is 318 Å². The van der Waals surface area contributed by atoms with Gasteiger partial charge in [-0.3, -0.25) is 0 Å². The SMILES string of the molecule is c1ccc(N(c2cccc(-c3cccc(-c4ccc5c6ccccc6n(-c6cccc7oc8ccccc8c67)c5c4)c3)c2)c2ccc3ccccc3c2)cc1. The van der Waals surface area contributed by atoms with Gasteiger partial charge in [0.05, 0.1) is 22.1 Å². The van der Waals surface area contributed by atoms with E-state index in [2.05, 4.69) is 210 Å². The van der Waals surface area contributed by atoms with E-state index in [1.54, 1.807) is 0 Å². The molecule has 0 saturated carbocycles. The molecule has 258 valence electrons. The average Bonchev–Trinajstić information content (AvgIpc) is 3.80. The molecular weight excluding hydrogens is 669 g/mol. The number of aromatic nitrogens is 1. The van der Waals surface area contributed by atoms with Crippen molar-refractivity contribution in [3.8, 4) is 27.9 Å². The first-order chi connectivity index (χ1) is 27.3. The second-order valence-corrected chi connectivity index (χ2v) is 14.2. The molecule has 0 atom stereocenters. The van der Waals surface area contributed by atoms with Crippen molar-refractivity contribution in [2.24, 2.45) is 0 Å². The molecule has 2 aromatic heterocycles. The van der Waals surface area contributed by atoms with Crippen LogP contribution in [0.2, 0.25) is 0 Å². The summed E-state index contributed by atoms with van der Waals surface area (Å²) in [4.78, 5) is 2.34. The largest absolute Gasteiger partial charge is 0.456 e. The van der Waals surface area contributed by atoms with Crippen molar-refractivity contribution in [1.82, 2.24) is 4.57 Å². The Bertz CT molecular complexity index is 3220. The summed E-state index contributed by atoms with van der Waals surface area (Å²) in [5.41, 5.74) is 13.3. The first-order valence-electron chi connectivity index (χ1n) is 18.8. The Hall–Kier alpha value is -7.36. The Balaban J connectivity index is 1.04. The summed E-state index contributed by atoms with van der Waals surface area (Å²) >= 11 is 0. The zero-order valence-electron chi connectivity index (χ0n) is 29.9.